The molecule has 0 aliphatic carbocycles. The molecule has 0 saturated carbocycles. The number of methoxy groups -OCH3 is 1. The molecule has 2 aromatic carbocycles. The molecule has 1 amide bonds. The van der Waals surface area contributed by atoms with E-state index in [0.717, 1.165) is 5.69 Å². The quantitative estimate of drug-likeness (QED) is 0.795. The van der Waals surface area contributed by atoms with Crippen LogP contribution in [0.25, 0.3) is 0 Å². The van der Waals surface area contributed by atoms with Gasteiger partial charge in [0.2, 0.25) is 10.0 Å². The van der Waals surface area contributed by atoms with Crippen LogP contribution in [0.2, 0.25) is 0 Å². The summed E-state index contributed by atoms with van der Waals surface area (Å²) in [7, 11) is -2.19. The first kappa shape index (κ1) is 18.8. The molecule has 0 bridgehead atoms. The van der Waals surface area contributed by atoms with Gasteiger partial charge in [-0.1, -0.05) is 17.9 Å². The maximum Gasteiger partial charge on any atom is 0.414 e. The maximum atomic E-state index is 12.3. The summed E-state index contributed by atoms with van der Waals surface area (Å²) in [5.74, 6) is 6.12. The average molecular weight is 386 g/mol. The minimum Gasteiger partial charge on any atom is -0.497 e. The minimum absolute atomic E-state index is 0.0280. The van der Waals surface area contributed by atoms with Gasteiger partial charge >= 0.3 is 6.09 Å². The Hall–Kier alpha value is -3.02. The summed E-state index contributed by atoms with van der Waals surface area (Å²) in [5.41, 5.74) is 1.45. The lowest BCUT2D eigenvalue weighted by Gasteiger charge is -2.11. The van der Waals surface area contributed by atoms with Gasteiger partial charge in [-0.25, -0.2) is 13.2 Å². The van der Waals surface area contributed by atoms with Crippen LogP contribution in [0, 0.1) is 11.8 Å². The molecule has 2 aromatic rings. The molecule has 7 nitrogen and oxygen atoms in total. The van der Waals surface area contributed by atoms with Gasteiger partial charge in [0.15, 0.2) is 0 Å². The van der Waals surface area contributed by atoms with E-state index in [1.54, 1.807) is 41.3 Å². The molecular weight excluding hydrogens is 368 g/mol. The van der Waals surface area contributed by atoms with Crippen molar-refractivity contribution < 1.29 is 22.7 Å². The number of nitrogens with zero attached hydrogens (tertiary/aromatic N) is 1. The molecular formula is C19H18N2O5S. The maximum absolute atomic E-state index is 12.3. The van der Waals surface area contributed by atoms with Crippen molar-refractivity contribution in [3.63, 3.8) is 0 Å². The van der Waals surface area contributed by atoms with Crippen molar-refractivity contribution in [3.05, 3.63) is 54.1 Å². The summed E-state index contributed by atoms with van der Waals surface area (Å²) in [6.07, 6.45) is -0.360. The Labute approximate surface area is 157 Å². The summed E-state index contributed by atoms with van der Waals surface area (Å²) in [5, 5.41) is 0. The van der Waals surface area contributed by atoms with Crippen LogP contribution in [0.15, 0.2) is 53.4 Å². The Morgan fingerprint density at radius 1 is 1.22 bits per heavy atom. The van der Waals surface area contributed by atoms with Crippen LogP contribution in [0.5, 0.6) is 5.75 Å². The van der Waals surface area contributed by atoms with Gasteiger partial charge in [-0.15, -0.1) is 0 Å². The number of ether oxygens (including phenoxy) is 2. The third-order valence-electron chi connectivity index (χ3n) is 3.87. The lowest BCUT2D eigenvalue weighted by atomic mass is 10.2. The molecule has 1 aliphatic rings. The van der Waals surface area contributed by atoms with Gasteiger partial charge in [-0.3, -0.25) is 4.90 Å². The third kappa shape index (κ3) is 4.58. The highest BCUT2D eigenvalue weighted by atomic mass is 32.2. The largest absolute Gasteiger partial charge is 0.497 e. The van der Waals surface area contributed by atoms with Crippen molar-refractivity contribution in [3.8, 4) is 17.6 Å². The Bertz CT molecular complexity index is 991. The SMILES string of the molecule is COc1cccc(S(=O)(=O)NCC#Cc2ccc(N3CCOC3=O)cc2)c1. The summed E-state index contributed by atoms with van der Waals surface area (Å²) >= 11 is 0. The molecule has 8 heteroatoms. The lowest BCUT2D eigenvalue weighted by Crippen LogP contribution is -2.24. The van der Waals surface area contributed by atoms with Crippen molar-refractivity contribution >= 4 is 21.8 Å². The molecule has 1 heterocycles. The first-order valence-corrected chi connectivity index (χ1v) is 9.65. The van der Waals surface area contributed by atoms with Crippen LogP contribution < -0.4 is 14.4 Å². The van der Waals surface area contributed by atoms with Crippen LogP contribution in [0.1, 0.15) is 5.56 Å². The molecule has 0 unspecified atom stereocenters. The number of nitrogens with one attached hydrogen (secondary N) is 1. The molecule has 1 aliphatic heterocycles. The first-order valence-electron chi connectivity index (χ1n) is 8.16. The molecule has 1 saturated heterocycles. The number of cyclic esters (lactones) is 1. The van der Waals surface area contributed by atoms with Gasteiger partial charge in [0.1, 0.15) is 12.4 Å². The van der Waals surface area contributed by atoms with Crippen molar-refractivity contribution in [2.75, 3.05) is 31.7 Å². The van der Waals surface area contributed by atoms with Crippen molar-refractivity contribution in [2.45, 2.75) is 4.90 Å². The van der Waals surface area contributed by atoms with E-state index in [0.29, 0.717) is 24.5 Å². The number of carbonyl (C=O) groups is 1. The average Bonchev–Trinajstić information content (AvgIpc) is 3.12. The van der Waals surface area contributed by atoms with E-state index in [2.05, 4.69) is 16.6 Å². The summed E-state index contributed by atoms with van der Waals surface area (Å²) < 4.78 is 36.9. The van der Waals surface area contributed by atoms with Gasteiger partial charge < -0.3 is 9.47 Å². The minimum atomic E-state index is -3.66. The Kier molecular flexibility index (Phi) is 5.64. The summed E-state index contributed by atoms with van der Waals surface area (Å²) in [6, 6.07) is 13.3. The number of carbonyl (C=O) groups excluding carboxylic acids is 1. The molecule has 27 heavy (non-hydrogen) atoms. The zero-order valence-corrected chi connectivity index (χ0v) is 15.5. The smallest absolute Gasteiger partial charge is 0.414 e. The molecule has 0 aromatic heterocycles. The standard InChI is InChI=1S/C19H18N2O5S/c1-25-17-5-2-6-18(14-17)27(23,24)20-11-3-4-15-7-9-16(10-8-15)21-12-13-26-19(21)22/h2,5-10,14,20H,11-13H2,1H3. The first-order chi connectivity index (χ1) is 13.0. The Balaban J connectivity index is 1.60. The normalized spacial score (nSPS) is 13.7. The number of benzene rings is 2. The zero-order valence-electron chi connectivity index (χ0n) is 14.6. The highest BCUT2D eigenvalue weighted by molar-refractivity contribution is 7.89. The summed E-state index contributed by atoms with van der Waals surface area (Å²) in [6.45, 7) is 0.878. The fourth-order valence-electron chi connectivity index (χ4n) is 2.48. The number of sulfonamides is 1. The van der Waals surface area contributed by atoms with E-state index in [-0.39, 0.29) is 17.5 Å². The van der Waals surface area contributed by atoms with Gasteiger partial charge in [-0.2, -0.15) is 4.72 Å². The van der Waals surface area contributed by atoms with Gasteiger partial charge in [0, 0.05) is 17.3 Å². The van der Waals surface area contributed by atoms with Crippen LogP contribution in [-0.4, -0.2) is 41.3 Å². The molecule has 0 atom stereocenters. The summed E-state index contributed by atoms with van der Waals surface area (Å²) in [4.78, 5) is 13.2. The second-order valence-electron chi connectivity index (χ2n) is 5.62. The molecule has 0 radical (unpaired) electrons. The fraction of sp³-hybridized carbons (Fsp3) is 0.211. The van der Waals surface area contributed by atoms with E-state index < -0.39 is 10.0 Å². The van der Waals surface area contributed by atoms with Crippen LogP contribution in [0.4, 0.5) is 10.5 Å². The molecule has 3 rings (SSSR count). The third-order valence-corrected chi connectivity index (χ3v) is 5.27. The predicted molar refractivity (Wildman–Crippen MR) is 100 cm³/mol. The van der Waals surface area contributed by atoms with E-state index in [1.807, 2.05) is 0 Å². The number of anilines is 1. The molecule has 1 fully saturated rings. The van der Waals surface area contributed by atoms with Crippen LogP contribution in [-0.2, 0) is 14.8 Å². The zero-order chi connectivity index (χ0) is 19.3. The number of rotatable bonds is 5. The van der Waals surface area contributed by atoms with Crippen molar-refractivity contribution in [1.29, 1.82) is 0 Å². The monoisotopic (exact) mass is 386 g/mol. The van der Waals surface area contributed by atoms with Gasteiger partial charge in [0.05, 0.1) is 25.1 Å². The highest BCUT2D eigenvalue weighted by Crippen LogP contribution is 2.19. The van der Waals surface area contributed by atoms with E-state index >= 15 is 0 Å². The van der Waals surface area contributed by atoms with E-state index in [9.17, 15) is 13.2 Å². The number of hydrogen-bond donors (Lipinski definition) is 1. The van der Waals surface area contributed by atoms with Crippen molar-refractivity contribution in [2.24, 2.45) is 0 Å². The molecule has 140 valence electrons. The lowest BCUT2D eigenvalue weighted by molar-refractivity contribution is 0.181. The predicted octanol–water partition coefficient (Wildman–Crippen LogP) is 1.98. The topological polar surface area (TPSA) is 84.9 Å². The van der Waals surface area contributed by atoms with Gasteiger partial charge in [-0.05, 0) is 36.4 Å². The number of hydrogen-bond acceptors (Lipinski definition) is 5. The number of amides is 1. The van der Waals surface area contributed by atoms with Crippen LogP contribution >= 0.6 is 0 Å². The van der Waals surface area contributed by atoms with Crippen molar-refractivity contribution in [1.82, 2.24) is 4.72 Å². The molecule has 0 spiro atoms. The Morgan fingerprint density at radius 2 is 2.00 bits per heavy atom. The fourth-order valence-corrected chi connectivity index (χ4v) is 3.44. The van der Waals surface area contributed by atoms with E-state index in [1.165, 1.54) is 19.2 Å². The van der Waals surface area contributed by atoms with Crippen LogP contribution in [0.3, 0.4) is 0 Å². The molecule has 1 N–H and O–H groups in total. The Morgan fingerprint density at radius 3 is 2.67 bits per heavy atom. The second kappa shape index (κ2) is 8.12. The van der Waals surface area contributed by atoms with E-state index in [4.69, 9.17) is 9.47 Å². The second-order valence-corrected chi connectivity index (χ2v) is 7.39. The van der Waals surface area contributed by atoms with Gasteiger partial charge in [0.25, 0.3) is 0 Å². The highest BCUT2D eigenvalue weighted by Gasteiger charge is 2.23.